The minimum absolute atomic E-state index is 0.799. The van der Waals surface area contributed by atoms with Crippen molar-refractivity contribution < 1.29 is 0 Å². The van der Waals surface area contributed by atoms with Gasteiger partial charge in [-0.1, -0.05) is 83.4 Å². The molecule has 0 aromatic rings. The molecule has 0 saturated carbocycles. The van der Waals surface area contributed by atoms with Gasteiger partial charge in [0.25, 0.3) is 0 Å². The first-order valence-corrected chi connectivity index (χ1v) is 14.1. The van der Waals surface area contributed by atoms with Gasteiger partial charge in [-0.25, -0.2) is 0 Å². The van der Waals surface area contributed by atoms with Gasteiger partial charge in [0.05, 0.1) is 0 Å². The standard InChI is InChI=1S/C15H32Si2/c1-9-10-11-12-13-14(2)15(16(3,4)5)17(6,7)8/h12-13,15H,2,9-11H2,1,3-8H3/b13-12+. The summed E-state index contributed by atoms with van der Waals surface area (Å²) in [7, 11) is -2.29. The van der Waals surface area contributed by atoms with E-state index in [1.165, 1.54) is 24.8 Å². The van der Waals surface area contributed by atoms with Crippen LogP contribution in [0, 0.1) is 0 Å². The van der Waals surface area contributed by atoms with Crippen LogP contribution in [0.5, 0.6) is 0 Å². The van der Waals surface area contributed by atoms with Crippen LogP contribution in [0.15, 0.2) is 24.3 Å². The molecule has 0 aliphatic carbocycles. The van der Waals surface area contributed by atoms with E-state index >= 15 is 0 Å². The molecule has 0 saturated heterocycles. The highest BCUT2D eigenvalue weighted by Crippen LogP contribution is 2.38. The Hall–Kier alpha value is -0.0862. The van der Waals surface area contributed by atoms with Gasteiger partial charge in [0, 0.05) is 16.1 Å². The van der Waals surface area contributed by atoms with Gasteiger partial charge in [-0.05, 0) is 11.6 Å². The molecule has 0 bridgehead atoms. The van der Waals surface area contributed by atoms with Gasteiger partial charge in [0.1, 0.15) is 0 Å². The maximum atomic E-state index is 4.37. The number of unbranched alkanes of at least 4 members (excludes halogenated alkanes) is 2. The van der Waals surface area contributed by atoms with Crippen molar-refractivity contribution in [1.29, 1.82) is 0 Å². The van der Waals surface area contributed by atoms with E-state index < -0.39 is 16.1 Å². The van der Waals surface area contributed by atoms with E-state index in [0.717, 1.165) is 5.16 Å². The van der Waals surface area contributed by atoms with E-state index in [1.807, 2.05) is 0 Å². The molecule has 0 amide bonds. The monoisotopic (exact) mass is 268 g/mol. The van der Waals surface area contributed by atoms with E-state index in [0.29, 0.717) is 0 Å². The Morgan fingerprint density at radius 2 is 1.53 bits per heavy atom. The smallest absolute Gasteiger partial charge is 0.0493 e. The topological polar surface area (TPSA) is 0 Å². The van der Waals surface area contributed by atoms with Crippen molar-refractivity contribution in [3.63, 3.8) is 0 Å². The van der Waals surface area contributed by atoms with Gasteiger partial charge in [-0.2, -0.15) is 0 Å². The summed E-state index contributed by atoms with van der Waals surface area (Å²) in [6, 6.07) is 0. The molecule has 0 aliphatic rings. The van der Waals surface area contributed by atoms with Crippen molar-refractivity contribution in [3.05, 3.63) is 24.3 Å². The Balaban J connectivity index is 4.74. The van der Waals surface area contributed by atoms with Crippen molar-refractivity contribution in [1.82, 2.24) is 0 Å². The Morgan fingerprint density at radius 1 is 1.06 bits per heavy atom. The minimum Gasteiger partial charge on any atom is -0.0961 e. The highest BCUT2D eigenvalue weighted by Gasteiger charge is 2.38. The van der Waals surface area contributed by atoms with Crippen molar-refractivity contribution in [2.75, 3.05) is 0 Å². The summed E-state index contributed by atoms with van der Waals surface area (Å²) in [4.78, 5) is 0. The number of allylic oxidation sites excluding steroid dienone is 3. The summed E-state index contributed by atoms with van der Waals surface area (Å²) >= 11 is 0. The minimum atomic E-state index is -1.14. The van der Waals surface area contributed by atoms with Crippen LogP contribution in [0.2, 0.25) is 44.4 Å². The molecule has 0 fully saturated rings. The van der Waals surface area contributed by atoms with Gasteiger partial charge in [-0.3, -0.25) is 0 Å². The third kappa shape index (κ3) is 6.42. The van der Waals surface area contributed by atoms with Gasteiger partial charge in [-0.15, -0.1) is 0 Å². The Kier molecular flexibility index (Phi) is 6.71. The second-order valence-electron chi connectivity index (χ2n) is 7.28. The van der Waals surface area contributed by atoms with Crippen molar-refractivity contribution in [3.8, 4) is 0 Å². The first-order chi connectivity index (χ1) is 7.60. The lowest BCUT2D eigenvalue weighted by atomic mass is 10.2. The van der Waals surface area contributed by atoms with Gasteiger partial charge >= 0.3 is 0 Å². The molecule has 0 heterocycles. The summed E-state index contributed by atoms with van der Waals surface area (Å²) in [5.41, 5.74) is 1.40. The molecule has 100 valence electrons. The second-order valence-corrected chi connectivity index (χ2v) is 18.5. The van der Waals surface area contributed by atoms with Crippen LogP contribution in [-0.2, 0) is 0 Å². The predicted molar refractivity (Wildman–Crippen MR) is 88.2 cm³/mol. The zero-order chi connectivity index (χ0) is 13.7. The molecule has 0 nitrogen and oxygen atoms in total. The van der Waals surface area contributed by atoms with E-state index in [9.17, 15) is 0 Å². The third-order valence-corrected chi connectivity index (χ3v) is 12.6. The maximum absolute atomic E-state index is 4.37. The molecular weight excluding hydrogens is 236 g/mol. The molecule has 0 aromatic heterocycles. The van der Waals surface area contributed by atoms with Gasteiger partial charge in [0.15, 0.2) is 0 Å². The molecule has 0 N–H and O–H groups in total. The average molecular weight is 269 g/mol. The van der Waals surface area contributed by atoms with Gasteiger partial charge in [0.2, 0.25) is 0 Å². The fourth-order valence-corrected chi connectivity index (χ4v) is 15.9. The molecule has 0 rings (SSSR count). The molecule has 0 unspecified atom stereocenters. The molecule has 17 heavy (non-hydrogen) atoms. The van der Waals surface area contributed by atoms with Crippen LogP contribution in [0.4, 0.5) is 0 Å². The molecule has 2 heteroatoms. The molecule has 0 aliphatic heterocycles. The zero-order valence-electron chi connectivity index (χ0n) is 13.1. The SMILES string of the molecule is C=C(/C=C/CCCC)C([Si](C)(C)C)[Si](C)(C)C. The summed E-state index contributed by atoms with van der Waals surface area (Å²) in [5, 5.41) is 0.799. The van der Waals surface area contributed by atoms with E-state index in [-0.39, 0.29) is 0 Å². The van der Waals surface area contributed by atoms with Gasteiger partial charge < -0.3 is 0 Å². The van der Waals surface area contributed by atoms with Crippen molar-refractivity contribution in [2.24, 2.45) is 0 Å². The largest absolute Gasteiger partial charge is 0.0961 e. The molecule has 0 aromatic carbocycles. The first kappa shape index (κ1) is 16.9. The van der Waals surface area contributed by atoms with Crippen LogP contribution in [-0.4, -0.2) is 16.1 Å². The number of hydrogen-bond donors (Lipinski definition) is 0. The lowest BCUT2D eigenvalue weighted by Crippen LogP contribution is -2.44. The normalized spacial score (nSPS) is 13.6. The summed E-state index contributed by atoms with van der Waals surface area (Å²) in [6.07, 6.45) is 8.44. The van der Waals surface area contributed by atoms with Crippen LogP contribution >= 0.6 is 0 Å². The van der Waals surface area contributed by atoms with Crippen LogP contribution in [0.1, 0.15) is 26.2 Å². The third-order valence-electron chi connectivity index (χ3n) is 3.16. The number of rotatable bonds is 7. The maximum Gasteiger partial charge on any atom is 0.0493 e. The summed E-state index contributed by atoms with van der Waals surface area (Å²) < 4.78 is 0. The van der Waals surface area contributed by atoms with E-state index in [4.69, 9.17) is 0 Å². The van der Waals surface area contributed by atoms with E-state index in [1.54, 1.807) is 0 Å². The lowest BCUT2D eigenvalue weighted by Gasteiger charge is -2.39. The Morgan fingerprint density at radius 3 is 1.88 bits per heavy atom. The number of hydrogen-bond acceptors (Lipinski definition) is 0. The quantitative estimate of drug-likeness (QED) is 0.307. The zero-order valence-corrected chi connectivity index (χ0v) is 15.1. The summed E-state index contributed by atoms with van der Waals surface area (Å²) in [6.45, 7) is 21.5. The molecule has 0 radical (unpaired) electrons. The molecule has 0 spiro atoms. The second kappa shape index (κ2) is 6.74. The van der Waals surface area contributed by atoms with Crippen LogP contribution in [0.25, 0.3) is 0 Å². The van der Waals surface area contributed by atoms with Crippen LogP contribution in [0.3, 0.4) is 0 Å². The Labute approximate surface area is 111 Å². The molecular formula is C15H32Si2. The predicted octanol–water partition coefficient (Wildman–Crippen LogP) is 5.87. The highest BCUT2D eigenvalue weighted by atomic mass is 28.4. The van der Waals surface area contributed by atoms with Crippen LogP contribution < -0.4 is 0 Å². The summed E-state index contributed by atoms with van der Waals surface area (Å²) in [5.74, 6) is 0. The van der Waals surface area contributed by atoms with E-state index in [2.05, 4.69) is 64.9 Å². The first-order valence-electron chi connectivity index (χ1n) is 6.96. The fraction of sp³-hybridized carbons (Fsp3) is 0.733. The Bertz CT molecular complexity index is 250. The molecule has 0 atom stereocenters. The average Bonchev–Trinajstić information content (AvgIpc) is 2.07. The highest BCUT2D eigenvalue weighted by molar-refractivity contribution is 6.97. The lowest BCUT2D eigenvalue weighted by molar-refractivity contribution is 0.814. The van der Waals surface area contributed by atoms with Crippen molar-refractivity contribution in [2.45, 2.75) is 70.6 Å². The fourth-order valence-electron chi connectivity index (χ4n) is 3.06. The van der Waals surface area contributed by atoms with Crippen molar-refractivity contribution >= 4 is 16.1 Å².